The van der Waals surface area contributed by atoms with Crippen molar-refractivity contribution in [2.24, 2.45) is 5.92 Å². The van der Waals surface area contributed by atoms with Crippen LogP contribution in [0.3, 0.4) is 0 Å². The number of allylic oxidation sites excluding steroid dienone is 1. The quantitative estimate of drug-likeness (QED) is 0.499. The van der Waals surface area contributed by atoms with E-state index >= 15 is 0 Å². The fourth-order valence-electron chi connectivity index (χ4n) is 2.76. The molecule has 1 fully saturated rings. The molecule has 1 N–H and O–H groups in total. The van der Waals surface area contributed by atoms with Gasteiger partial charge < -0.3 is 15.0 Å². The first-order chi connectivity index (χ1) is 12.3. The lowest BCUT2D eigenvalue weighted by molar-refractivity contribution is -0.132. The molecule has 0 bridgehead atoms. The van der Waals surface area contributed by atoms with Gasteiger partial charge in [0.15, 0.2) is 0 Å². The fraction of sp³-hybridized carbons (Fsp3) is 0.450. The molecule has 0 aliphatic carbocycles. The van der Waals surface area contributed by atoms with Crippen molar-refractivity contribution in [1.29, 1.82) is 0 Å². The normalized spacial score (nSPS) is 15.3. The predicted octanol–water partition coefficient (Wildman–Crippen LogP) is 2.54. The van der Waals surface area contributed by atoms with Crippen LogP contribution in [0, 0.1) is 5.92 Å². The molecule has 0 radical (unpaired) electrons. The molecule has 1 saturated heterocycles. The standard InChI is InChI=1S/C20H26N2O4/c1-14(2)7-8-19(24)22-11-9-17(10-12-22)21-20(25)16-5-4-6-18(13-16)26-15(3)23/h4-8,13-14,17H,9-12H2,1-3H3,(H,21,25)/b8-7+. The van der Waals surface area contributed by atoms with E-state index in [1.807, 2.05) is 24.8 Å². The van der Waals surface area contributed by atoms with Crippen molar-refractivity contribution < 1.29 is 19.1 Å². The number of carbonyl (C=O) groups is 3. The lowest BCUT2D eigenvalue weighted by Crippen LogP contribution is -2.46. The van der Waals surface area contributed by atoms with Crippen LogP contribution in [0.4, 0.5) is 0 Å². The molecule has 26 heavy (non-hydrogen) atoms. The van der Waals surface area contributed by atoms with Crippen LogP contribution in [0.1, 0.15) is 44.0 Å². The highest BCUT2D eigenvalue weighted by molar-refractivity contribution is 5.95. The van der Waals surface area contributed by atoms with Gasteiger partial charge in [-0.25, -0.2) is 0 Å². The van der Waals surface area contributed by atoms with E-state index in [4.69, 9.17) is 4.74 Å². The van der Waals surface area contributed by atoms with E-state index in [1.54, 1.807) is 30.3 Å². The molecule has 1 aromatic rings. The second kappa shape index (κ2) is 9.17. The monoisotopic (exact) mass is 358 g/mol. The SMILES string of the molecule is CC(=O)Oc1cccc(C(=O)NC2CCN(C(=O)/C=C/C(C)C)CC2)c1. The molecule has 6 heteroatoms. The van der Waals surface area contributed by atoms with Crippen molar-refractivity contribution in [2.75, 3.05) is 13.1 Å². The van der Waals surface area contributed by atoms with Crippen LogP contribution < -0.4 is 10.1 Å². The molecule has 0 spiro atoms. The Kier molecular flexibility index (Phi) is 6.95. The Labute approximate surface area is 154 Å². The Morgan fingerprint density at radius 2 is 1.92 bits per heavy atom. The van der Waals surface area contributed by atoms with Gasteiger partial charge in [-0.1, -0.05) is 26.0 Å². The Hall–Kier alpha value is -2.63. The summed E-state index contributed by atoms with van der Waals surface area (Å²) in [5.41, 5.74) is 0.446. The third-order valence-electron chi connectivity index (χ3n) is 4.12. The first-order valence-corrected chi connectivity index (χ1v) is 8.91. The zero-order chi connectivity index (χ0) is 19.1. The number of hydrogen-bond acceptors (Lipinski definition) is 4. The number of rotatable bonds is 5. The largest absolute Gasteiger partial charge is 0.427 e. The Balaban J connectivity index is 1.86. The molecule has 1 aliphatic heterocycles. The number of benzene rings is 1. The molecule has 0 unspecified atom stereocenters. The maximum atomic E-state index is 12.4. The summed E-state index contributed by atoms with van der Waals surface area (Å²) >= 11 is 0. The van der Waals surface area contributed by atoms with Crippen LogP contribution in [0.25, 0.3) is 0 Å². The third kappa shape index (κ3) is 6.02. The van der Waals surface area contributed by atoms with Gasteiger partial charge in [0.2, 0.25) is 5.91 Å². The van der Waals surface area contributed by atoms with E-state index in [0.29, 0.717) is 30.3 Å². The van der Waals surface area contributed by atoms with Crippen LogP contribution in [0.15, 0.2) is 36.4 Å². The predicted molar refractivity (Wildman–Crippen MR) is 98.8 cm³/mol. The van der Waals surface area contributed by atoms with Gasteiger partial charge >= 0.3 is 5.97 Å². The number of amides is 2. The lowest BCUT2D eigenvalue weighted by Gasteiger charge is -2.31. The van der Waals surface area contributed by atoms with E-state index in [-0.39, 0.29) is 17.9 Å². The molecular weight excluding hydrogens is 332 g/mol. The second-order valence-corrected chi connectivity index (χ2v) is 6.80. The molecule has 6 nitrogen and oxygen atoms in total. The van der Waals surface area contributed by atoms with Crippen molar-refractivity contribution in [3.05, 3.63) is 42.0 Å². The van der Waals surface area contributed by atoms with Crippen LogP contribution >= 0.6 is 0 Å². The van der Waals surface area contributed by atoms with E-state index in [9.17, 15) is 14.4 Å². The molecule has 1 heterocycles. The van der Waals surface area contributed by atoms with Gasteiger partial charge in [0.1, 0.15) is 5.75 Å². The number of carbonyl (C=O) groups excluding carboxylic acids is 3. The van der Waals surface area contributed by atoms with Gasteiger partial charge in [-0.2, -0.15) is 0 Å². The Morgan fingerprint density at radius 1 is 1.23 bits per heavy atom. The van der Waals surface area contributed by atoms with Crippen molar-refractivity contribution in [3.63, 3.8) is 0 Å². The molecule has 0 atom stereocenters. The van der Waals surface area contributed by atoms with Crippen molar-refractivity contribution >= 4 is 17.8 Å². The maximum Gasteiger partial charge on any atom is 0.308 e. The van der Waals surface area contributed by atoms with Crippen molar-refractivity contribution in [1.82, 2.24) is 10.2 Å². The smallest absolute Gasteiger partial charge is 0.308 e. The average molecular weight is 358 g/mol. The summed E-state index contributed by atoms with van der Waals surface area (Å²) in [6.45, 7) is 6.63. The summed E-state index contributed by atoms with van der Waals surface area (Å²) in [5.74, 6) is 0.0909. The molecule has 1 aromatic carbocycles. The van der Waals surface area contributed by atoms with Gasteiger partial charge in [0, 0.05) is 31.6 Å². The minimum absolute atomic E-state index is 0.0255. The minimum atomic E-state index is -0.425. The highest BCUT2D eigenvalue weighted by Gasteiger charge is 2.23. The molecule has 0 aromatic heterocycles. The number of piperidine rings is 1. The van der Waals surface area contributed by atoms with Crippen LogP contribution in [0.2, 0.25) is 0 Å². The van der Waals surface area contributed by atoms with Gasteiger partial charge in [0.05, 0.1) is 0 Å². The van der Waals surface area contributed by atoms with E-state index in [1.165, 1.54) is 6.92 Å². The first kappa shape index (κ1) is 19.7. The highest BCUT2D eigenvalue weighted by Crippen LogP contribution is 2.16. The molecule has 2 rings (SSSR count). The van der Waals surface area contributed by atoms with Crippen LogP contribution in [-0.4, -0.2) is 41.8 Å². The molecule has 1 aliphatic rings. The van der Waals surface area contributed by atoms with E-state index in [2.05, 4.69) is 5.32 Å². The zero-order valence-corrected chi connectivity index (χ0v) is 15.5. The molecule has 2 amide bonds. The highest BCUT2D eigenvalue weighted by atomic mass is 16.5. The van der Waals surface area contributed by atoms with Gasteiger partial charge in [-0.05, 0) is 43.0 Å². The maximum absolute atomic E-state index is 12.4. The molecule has 0 saturated carbocycles. The second-order valence-electron chi connectivity index (χ2n) is 6.80. The molecular formula is C20H26N2O4. The number of ether oxygens (including phenoxy) is 1. The fourth-order valence-corrected chi connectivity index (χ4v) is 2.76. The number of esters is 1. The summed E-state index contributed by atoms with van der Waals surface area (Å²) in [4.78, 5) is 37.3. The summed E-state index contributed by atoms with van der Waals surface area (Å²) in [6.07, 6.45) is 4.96. The van der Waals surface area contributed by atoms with Crippen LogP contribution in [0.5, 0.6) is 5.75 Å². The number of hydrogen-bond donors (Lipinski definition) is 1. The van der Waals surface area contributed by atoms with Crippen LogP contribution in [-0.2, 0) is 9.59 Å². The number of nitrogens with zero attached hydrogens (tertiary/aromatic N) is 1. The third-order valence-corrected chi connectivity index (χ3v) is 4.12. The van der Waals surface area contributed by atoms with Gasteiger partial charge in [-0.3, -0.25) is 14.4 Å². The summed E-state index contributed by atoms with van der Waals surface area (Å²) in [5, 5.41) is 2.99. The first-order valence-electron chi connectivity index (χ1n) is 8.91. The minimum Gasteiger partial charge on any atom is -0.427 e. The lowest BCUT2D eigenvalue weighted by atomic mass is 10.0. The molecule has 140 valence electrons. The van der Waals surface area contributed by atoms with E-state index in [0.717, 1.165) is 12.8 Å². The average Bonchev–Trinajstić information content (AvgIpc) is 2.60. The topological polar surface area (TPSA) is 75.7 Å². The zero-order valence-electron chi connectivity index (χ0n) is 15.5. The van der Waals surface area contributed by atoms with Crippen molar-refractivity contribution in [2.45, 2.75) is 39.7 Å². The van der Waals surface area contributed by atoms with E-state index < -0.39 is 5.97 Å². The summed E-state index contributed by atoms with van der Waals surface area (Å²) < 4.78 is 5.01. The number of nitrogens with one attached hydrogen (secondary N) is 1. The summed E-state index contributed by atoms with van der Waals surface area (Å²) in [6, 6.07) is 6.56. The Morgan fingerprint density at radius 3 is 2.54 bits per heavy atom. The van der Waals surface area contributed by atoms with Gasteiger partial charge in [-0.15, -0.1) is 0 Å². The van der Waals surface area contributed by atoms with Crippen molar-refractivity contribution in [3.8, 4) is 5.75 Å². The summed E-state index contributed by atoms with van der Waals surface area (Å²) in [7, 11) is 0. The van der Waals surface area contributed by atoms with Gasteiger partial charge in [0.25, 0.3) is 5.91 Å². The Bertz CT molecular complexity index is 689. The number of likely N-dealkylation sites (tertiary alicyclic amines) is 1.